The van der Waals surface area contributed by atoms with Crippen LogP contribution in [0.25, 0.3) is 27.6 Å². The first kappa shape index (κ1) is 9.09. The number of nitrogens with zero attached hydrogens (tertiary/aromatic N) is 2. The van der Waals surface area contributed by atoms with Crippen molar-refractivity contribution in [1.82, 2.24) is 9.97 Å². The highest BCUT2D eigenvalue weighted by atomic mass is 16.3. The van der Waals surface area contributed by atoms with Gasteiger partial charge in [0.25, 0.3) is 0 Å². The molecule has 3 aromatic rings. The second kappa shape index (κ2) is 3.17. The molecule has 1 aromatic heterocycles. The molecule has 3 rings (SSSR count). The zero-order valence-electron chi connectivity index (χ0n) is 8.81. The minimum Gasteiger partial charge on any atom is -0.512 e. The molecule has 3 nitrogen and oxygen atoms in total. The molecule has 0 aliphatic rings. The van der Waals surface area contributed by atoms with Gasteiger partial charge in [-0.3, -0.25) is 0 Å². The van der Waals surface area contributed by atoms with Crippen LogP contribution >= 0.6 is 0 Å². The molecule has 0 bridgehead atoms. The van der Waals surface area contributed by atoms with E-state index < -0.39 is 0 Å². The maximum atomic E-state index is 9.62. The lowest BCUT2D eigenvalue weighted by molar-refractivity contribution is 0.499. The van der Waals surface area contributed by atoms with Crippen molar-refractivity contribution in [3.8, 4) is 0 Å². The van der Waals surface area contributed by atoms with Gasteiger partial charge in [-0.15, -0.1) is 0 Å². The molecular formula is C13H10N2O. The van der Waals surface area contributed by atoms with E-state index in [-0.39, 0.29) is 5.76 Å². The first-order chi connectivity index (χ1) is 7.77. The van der Waals surface area contributed by atoms with Crippen molar-refractivity contribution in [2.75, 3.05) is 0 Å². The standard InChI is InChI=1S/C13H10N2O/c1-8(16)10-6-5-9-3-2-4-11-12(9)13(10)15-7-14-11/h2-7,16H,1H3/b10-8+. The first-order valence-corrected chi connectivity index (χ1v) is 5.09. The lowest BCUT2D eigenvalue weighted by Gasteiger charge is -2.04. The average molecular weight is 210 g/mol. The largest absolute Gasteiger partial charge is 0.512 e. The van der Waals surface area contributed by atoms with Gasteiger partial charge in [0.05, 0.1) is 16.8 Å². The summed E-state index contributed by atoms with van der Waals surface area (Å²) in [7, 11) is 0. The fourth-order valence-corrected chi connectivity index (χ4v) is 2.02. The minimum atomic E-state index is 0.283. The molecule has 0 saturated heterocycles. The lowest BCUT2D eigenvalue weighted by Crippen LogP contribution is -2.07. The van der Waals surface area contributed by atoms with Gasteiger partial charge in [0, 0.05) is 10.6 Å². The average Bonchev–Trinajstić information content (AvgIpc) is 2.30. The van der Waals surface area contributed by atoms with E-state index in [1.165, 1.54) is 6.33 Å². The summed E-state index contributed by atoms with van der Waals surface area (Å²) in [5.74, 6) is 0.283. The SMILES string of the molecule is C/C(O)=c1/ccc2cccc3ncnc1c23. The van der Waals surface area contributed by atoms with E-state index >= 15 is 0 Å². The summed E-state index contributed by atoms with van der Waals surface area (Å²) in [6.45, 7) is 1.67. The van der Waals surface area contributed by atoms with E-state index in [2.05, 4.69) is 9.97 Å². The Morgan fingerprint density at radius 1 is 1.12 bits per heavy atom. The van der Waals surface area contributed by atoms with Gasteiger partial charge in [-0.2, -0.15) is 0 Å². The zero-order chi connectivity index (χ0) is 11.1. The molecule has 0 fully saturated rings. The van der Waals surface area contributed by atoms with E-state index in [9.17, 15) is 5.11 Å². The summed E-state index contributed by atoms with van der Waals surface area (Å²) in [6, 6.07) is 9.81. The fraction of sp³-hybridized carbons (Fsp3) is 0.0769. The predicted molar refractivity (Wildman–Crippen MR) is 64.0 cm³/mol. The molecule has 0 saturated carbocycles. The molecule has 0 unspecified atom stereocenters. The highest BCUT2D eigenvalue weighted by Crippen LogP contribution is 2.20. The van der Waals surface area contributed by atoms with Crippen LogP contribution in [0.15, 0.2) is 36.7 Å². The van der Waals surface area contributed by atoms with Gasteiger partial charge in [-0.05, 0) is 24.4 Å². The number of aliphatic hydroxyl groups excluding tert-OH is 1. The Hall–Kier alpha value is -2.16. The van der Waals surface area contributed by atoms with Crippen LogP contribution in [0.4, 0.5) is 0 Å². The Labute approximate surface area is 92.1 Å². The quantitative estimate of drug-likeness (QED) is 0.618. The number of benzene rings is 2. The molecule has 2 aromatic carbocycles. The molecule has 3 heteroatoms. The van der Waals surface area contributed by atoms with E-state index in [4.69, 9.17) is 0 Å². The summed E-state index contributed by atoms with van der Waals surface area (Å²) in [5.41, 5.74) is 1.72. The maximum Gasteiger partial charge on any atom is 0.116 e. The van der Waals surface area contributed by atoms with Crippen molar-refractivity contribution in [2.45, 2.75) is 6.92 Å². The highest BCUT2D eigenvalue weighted by molar-refractivity contribution is 6.06. The van der Waals surface area contributed by atoms with Gasteiger partial charge < -0.3 is 5.11 Å². The number of rotatable bonds is 0. The van der Waals surface area contributed by atoms with Crippen LogP contribution < -0.4 is 5.22 Å². The van der Waals surface area contributed by atoms with Gasteiger partial charge in [-0.25, -0.2) is 9.97 Å². The highest BCUT2D eigenvalue weighted by Gasteiger charge is 2.05. The molecule has 0 radical (unpaired) electrons. The smallest absolute Gasteiger partial charge is 0.116 e. The third kappa shape index (κ3) is 1.15. The van der Waals surface area contributed by atoms with Crippen molar-refractivity contribution in [2.24, 2.45) is 0 Å². The van der Waals surface area contributed by atoms with Gasteiger partial charge >= 0.3 is 0 Å². The second-order valence-electron chi connectivity index (χ2n) is 3.80. The van der Waals surface area contributed by atoms with Crippen LogP contribution in [0, 0.1) is 0 Å². The number of aromatic nitrogens is 2. The topological polar surface area (TPSA) is 46.0 Å². The molecule has 1 N–H and O–H groups in total. The normalized spacial score (nSPS) is 13.3. The van der Waals surface area contributed by atoms with E-state index in [0.29, 0.717) is 0 Å². The summed E-state index contributed by atoms with van der Waals surface area (Å²) in [5, 5.41) is 12.5. The Morgan fingerprint density at radius 2 is 2.00 bits per heavy atom. The molecule has 78 valence electrons. The van der Waals surface area contributed by atoms with Crippen molar-refractivity contribution in [3.05, 3.63) is 41.9 Å². The van der Waals surface area contributed by atoms with Crippen molar-refractivity contribution in [1.29, 1.82) is 0 Å². The van der Waals surface area contributed by atoms with Crippen LogP contribution in [0.3, 0.4) is 0 Å². The molecular weight excluding hydrogens is 200 g/mol. The van der Waals surface area contributed by atoms with Crippen LogP contribution in [0.1, 0.15) is 6.92 Å². The predicted octanol–water partition coefficient (Wildman–Crippen LogP) is 2.19. The summed E-state index contributed by atoms with van der Waals surface area (Å²) >= 11 is 0. The molecule has 16 heavy (non-hydrogen) atoms. The number of hydrogen-bond acceptors (Lipinski definition) is 3. The van der Waals surface area contributed by atoms with Crippen molar-refractivity contribution < 1.29 is 5.11 Å². The van der Waals surface area contributed by atoms with Crippen LogP contribution in [0.2, 0.25) is 0 Å². The molecule has 0 atom stereocenters. The molecule has 1 heterocycles. The van der Waals surface area contributed by atoms with Gasteiger partial charge in [0.2, 0.25) is 0 Å². The fourth-order valence-electron chi connectivity index (χ4n) is 2.02. The summed E-state index contributed by atoms with van der Waals surface area (Å²) < 4.78 is 0. The van der Waals surface area contributed by atoms with E-state index in [0.717, 1.165) is 27.0 Å². The van der Waals surface area contributed by atoms with Crippen LogP contribution in [-0.2, 0) is 0 Å². The molecule has 0 spiro atoms. The minimum absolute atomic E-state index is 0.283. The van der Waals surface area contributed by atoms with Crippen molar-refractivity contribution >= 4 is 27.6 Å². The molecule has 0 aliphatic heterocycles. The van der Waals surface area contributed by atoms with Gasteiger partial charge in [0.1, 0.15) is 6.33 Å². The maximum absolute atomic E-state index is 9.62. The molecule has 0 amide bonds. The van der Waals surface area contributed by atoms with E-state index in [1.54, 1.807) is 6.92 Å². The Morgan fingerprint density at radius 3 is 2.81 bits per heavy atom. The third-order valence-electron chi connectivity index (χ3n) is 2.77. The number of aliphatic hydroxyl groups is 1. The zero-order valence-corrected chi connectivity index (χ0v) is 8.81. The third-order valence-corrected chi connectivity index (χ3v) is 2.77. The monoisotopic (exact) mass is 210 g/mol. The Balaban J connectivity index is 2.72. The van der Waals surface area contributed by atoms with Crippen molar-refractivity contribution in [3.63, 3.8) is 0 Å². The second-order valence-corrected chi connectivity index (χ2v) is 3.80. The van der Waals surface area contributed by atoms with Crippen LogP contribution in [-0.4, -0.2) is 15.1 Å². The van der Waals surface area contributed by atoms with Crippen LogP contribution in [0.5, 0.6) is 0 Å². The summed E-state index contributed by atoms with van der Waals surface area (Å²) in [6.07, 6.45) is 1.53. The Kier molecular flexibility index (Phi) is 1.80. The molecule has 0 aliphatic carbocycles. The first-order valence-electron chi connectivity index (χ1n) is 5.09. The van der Waals surface area contributed by atoms with Gasteiger partial charge in [-0.1, -0.05) is 18.2 Å². The number of hydrogen-bond donors (Lipinski definition) is 1. The van der Waals surface area contributed by atoms with E-state index in [1.807, 2.05) is 30.3 Å². The lowest BCUT2D eigenvalue weighted by atomic mass is 10.1. The van der Waals surface area contributed by atoms with Gasteiger partial charge in [0.15, 0.2) is 0 Å². The summed E-state index contributed by atoms with van der Waals surface area (Å²) in [4.78, 5) is 8.49. The Bertz CT molecular complexity index is 707.